The Bertz CT molecular complexity index is 607. The summed E-state index contributed by atoms with van der Waals surface area (Å²) in [5, 5.41) is 7.46. The van der Waals surface area contributed by atoms with Gasteiger partial charge < -0.3 is 10.6 Å². The van der Waals surface area contributed by atoms with Crippen LogP contribution in [-0.2, 0) is 6.54 Å². The van der Waals surface area contributed by atoms with Gasteiger partial charge >= 0.3 is 0 Å². The monoisotopic (exact) mass is 268 g/mol. The van der Waals surface area contributed by atoms with Crippen molar-refractivity contribution in [3.05, 3.63) is 59.4 Å². The fourth-order valence-electron chi connectivity index (χ4n) is 2.23. The second-order valence-electron chi connectivity index (χ2n) is 4.76. The van der Waals surface area contributed by atoms with Crippen LogP contribution in [0.15, 0.2) is 42.6 Å². The average molecular weight is 268 g/mol. The first kappa shape index (κ1) is 14.1. The number of hydrogen-bond donors (Lipinski definition) is 2. The Morgan fingerprint density at radius 1 is 1.30 bits per heavy atom. The van der Waals surface area contributed by atoms with E-state index in [1.165, 1.54) is 11.3 Å². The van der Waals surface area contributed by atoms with E-state index in [0.29, 0.717) is 5.69 Å². The Morgan fingerprint density at radius 2 is 2.05 bits per heavy atom. The van der Waals surface area contributed by atoms with Crippen molar-refractivity contribution < 1.29 is 0 Å². The Balaban J connectivity index is 2.25. The predicted octanol–water partition coefficient (Wildman–Crippen LogP) is 2.70. The highest BCUT2D eigenvalue weighted by Crippen LogP contribution is 2.21. The van der Waals surface area contributed by atoms with Gasteiger partial charge in [0, 0.05) is 25.0 Å². The third-order valence-electron chi connectivity index (χ3n) is 3.31. The van der Waals surface area contributed by atoms with Crippen molar-refractivity contribution in [1.29, 1.82) is 5.41 Å². The Morgan fingerprint density at radius 3 is 2.70 bits per heavy atom. The highest BCUT2D eigenvalue weighted by molar-refractivity contribution is 5.93. The lowest BCUT2D eigenvalue weighted by molar-refractivity contribution is 0.826. The van der Waals surface area contributed by atoms with Gasteiger partial charge in [-0.15, -0.1) is 0 Å². The van der Waals surface area contributed by atoms with E-state index in [4.69, 9.17) is 11.1 Å². The Kier molecular flexibility index (Phi) is 4.35. The van der Waals surface area contributed by atoms with Gasteiger partial charge in [0.2, 0.25) is 0 Å². The lowest BCUT2D eigenvalue weighted by Crippen LogP contribution is -2.23. The van der Waals surface area contributed by atoms with E-state index in [2.05, 4.69) is 41.9 Å². The summed E-state index contributed by atoms with van der Waals surface area (Å²) in [5.74, 6) is 0.00536. The molecular weight excluding hydrogens is 248 g/mol. The van der Waals surface area contributed by atoms with Gasteiger partial charge in [-0.25, -0.2) is 0 Å². The van der Waals surface area contributed by atoms with Gasteiger partial charge in [-0.05, 0) is 43.2 Å². The molecule has 0 fully saturated rings. The van der Waals surface area contributed by atoms with Gasteiger partial charge in [0.15, 0.2) is 0 Å². The number of amidine groups is 1. The number of nitrogens with one attached hydrogen (secondary N) is 1. The number of aromatic nitrogens is 1. The second-order valence-corrected chi connectivity index (χ2v) is 4.76. The zero-order chi connectivity index (χ0) is 14.5. The van der Waals surface area contributed by atoms with Crippen LogP contribution in [0.2, 0.25) is 0 Å². The average Bonchev–Trinajstić information content (AvgIpc) is 2.46. The van der Waals surface area contributed by atoms with Crippen molar-refractivity contribution in [2.75, 3.05) is 11.4 Å². The molecule has 0 atom stereocenters. The third-order valence-corrected chi connectivity index (χ3v) is 3.31. The van der Waals surface area contributed by atoms with Crippen molar-refractivity contribution in [1.82, 2.24) is 4.98 Å². The number of pyridine rings is 1. The quantitative estimate of drug-likeness (QED) is 0.647. The zero-order valence-electron chi connectivity index (χ0n) is 11.9. The number of para-hydroxylation sites is 1. The summed E-state index contributed by atoms with van der Waals surface area (Å²) in [6, 6.07) is 12.2. The highest BCUT2D eigenvalue weighted by Gasteiger charge is 2.08. The molecule has 0 aliphatic rings. The number of hydrogen-bond acceptors (Lipinski definition) is 3. The van der Waals surface area contributed by atoms with E-state index in [9.17, 15) is 0 Å². The van der Waals surface area contributed by atoms with E-state index in [1.807, 2.05) is 18.2 Å². The Hall–Kier alpha value is -2.36. The molecule has 3 N–H and O–H groups in total. The first-order chi connectivity index (χ1) is 9.61. The largest absolute Gasteiger partial charge is 0.382 e. The topological polar surface area (TPSA) is 66.0 Å². The molecule has 0 amide bonds. The maximum atomic E-state index is 7.46. The molecule has 4 heteroatoms. The first-order valence-corrected chi connectivity index (χ1v) is 6.71. The van der Waals surface area contributed by atoms with Gasteiger partial charge in [0.1, 0.15) is 11.5 Å². The summed E-state index contributed by atoms with van der Waals surface area (Å²) < 4.78 is 0. The lowest BCUT2D eigenvalue weighted by atomic mass is 10.1. The van der Waals surface area contributed by atoms with E-state index >= 15 is 0 Å². The zero-order valence-corrected chi connectivity index (χ0v) is 11.9. The van der Waals surface area contributed by atoms with Crippen LogP contribution < -0.4 is 10.6 Å². The molecule has 0 aliphatic heterocycles. The summed E-state index contributed by atoms with van der Waals surface area (Å²) in [5.41, 5.74) is 9.62. The molecular formula is C16H20N4. The summed E-state index contributed by atoms with van der Waals surface area (Å²) in [6.45, 7) is 5.96. The van der Waals surface area contributed by atoms with Crippen LogP contribution in [0, 0.1) is 12.3 Å². The van der Waals surface area contributed by atoms with Gasteiger partial charge in [-0.3, -0.25) is 10.4 Å². The molecule has 0 spiro atoms. The van der Waals surface area contributed by atoms with Crippen LogP contribution in [-0.4, -0.2) is 17.4 Å². The third kappa shape index (κ3) is 3.15. The van der Waals surface area contributed by atoms with Crippen LogP contribution in [0.3, 0.4) is 0 Å². The summed E-state index contributed by atoms with van der Waals surface area (Å²) in [6.07, 6.45) is 1.71. The van der Waals surface area contributed by atoms with Crippen molar-refractivity contribution in [2.24, 2.45) is 5.73 Å². The van der Waals surface area contributed by atoms with E-state index in [0.717, 1.165) is 18.7 Å². The molecule has 4 nitrogen and oxygen atoms in total. The molecule has 0 saturated heterocycles. The van der Waals surface area contributed by atoms with Crippen molar-refractivity contribution >= 4 is 11.5 Å². The van der Waals surface area contributed by atoms with Crippen LogP contribution in [0.1, 0.15) is 23.7 Å². The molecule has 0 aliphatic carbocycles. The number of benzene rings is 1. The molecule has 1 aromatic carbocycles. The number of nitrogen functional groups attached to an aromatic ring is 1. The number of rotatable bonds is 5. The predicted molar refractivity (Wildman–Crippen MR) is 83.2 cm³/mol. The molecule has 0 radical (unpaired) electrons. The van der Waals surface area contributed by atoms with Crippen LogP contribution in [0.25, 0.3) is 0 Å². The molecule has 104 valence electrons. The van der Waals surface area contributed by atoms with Gasteiger partial charge in [-0.1, -0.05) is 18.2 Å². The fourth-order valence-corrected chi connectivity index (χ4v) is 2.23. The molecule has 1 aromatic heterocycles. The van der Waals surface area contributed by atoms with Crippen molar-refractivity contribution in [3.8, 4) is 0 Å². The van der Waals surface area contributed by atoms with Crippen molar-refractivity contribution in [2.45, 2.75) is 20.4 Å². The van der Waals surface area contributed by atoms with Gasteiger partial charge in [0.05, 0.1) is 0 Å². The standard InChI is InChI=1S/C16H20N4/c1-3-20(15-7-5-4-6-12(15)2)11-13-8-9-19-14(10-13)16(17)18/h4-10H,3,11H2,1-2H3,(H3,17,18). The summed E-state index contributed by atoms with van der Waals surface area (Å²) in [4.78, 5) is 6.39. The smallest absolute Gasteiger partial charge is 0.141 e. The fraction of sp³-hybridized carbons (Fsp3) is 0.250. The van der Waals surface area contributed by atoms with Crippen molar-refractivity contribution in [3.63, 3.8) is 0 Å². The van der Waals surface area contributed by atoms with Crippen LogP contribution in [0.5, 0.6) is 0 Å². The van der Waals surface area contributed by atoms with E-state index in [1.54, 1.807) is 6.20 Å². The normalized spacial score (nSPS) is 10.3. The van der Waals surface area contributed by atoms with Gasteiger partial charge in [-0.2, -0.15) is 0 Å². The van der Waals surface area contributed by atoms with Gasteiger partial charge in [0.25, 0.3) is 0 Å². The molecule has 2 rings (SSSR count). The molecule has 1 heterocycles. The van der Waals surface area contributed by atoms with Crippen LogP contribution >= 0.6 is 0 Å². The summed E-state index contributed by atoms with van der Waals surface area (Å²) >= 11 is 0. The first-order valence-electron chi connectivity index (χ1n) is 6.71. The minimum atomic E-state index is 0.00536. The maximum absolute atomic E-state index is 7.46. The molecule has 20 heavy (non-hydrogen) atoms. The second kappa shape index (κ2) is 6.19. The minimum Gasteiger partial charge on any atom is -0.382 e. The highest BCUT2D eigenvalue weighted by atomic mass is 15.1. The number of aryl methyl sites for hydroxylation is 1. The maximum Gasteiger partial charge on any atom is 0.141 e. The SMILES string of the molecule is CCN(Cc1ccnc(C(=N)N)c1)c1ccccc1C. The van der Waals surface area contributed by atoms with E-state index < -0.39 is 0 Å². The number of nitrogens with two attached hydrogens (primary N) is 1. The molecule has 0 saturated carbocycles. The Labute approximate surface area is 119 Å². The lowest BCUT2D eigenvalue weighted by Gasteiger charge is -2.25. The van der Waals surface area contributed by atoms with E-state index in [-0.39, 0.29) is 5.84 Å². The summed E-state index contributed by atoms with van der Waals surface area (Å²) in [7, 11) is 0. The molecule has 0 unspecified atom stereocenters. The molecule has 2 aromatic rings. The number of anilines is 1. The number of nitrogens with zero attached hydrogens (tertiary/aromatic N) is 2. The van der Waals surface area contributed by atoms with Crippen LogP contribution in [0.4, 0.5) is 5.69 Å². The molecule has 0 bridgehead atoms. The minimum absolute atomic E-state index is 0.00536.